The normalized spacial score (nSPS) is 10.6. The third-order valence-corrected chi connectivity index (χ3v) is 3.02. The predicted molar refractivity (Wildman–Crippen MR) is 82.0 cm³/mol. The summed E-state index contributed by atoms with van der Waals surface area (Å²) in [4.78, 5) is 16.2. The molecule has 1 amide bonds. The maximum Gasteiger partial charge on any atom is 0.251 e. The molecule has 0 fully saturated rings. The SMILES string of the molecule is CCCNCCNC(=O)c1ccc(-c2n[nH]c(C)n2)cc1. The van der Waals surface area contributed by atoms with E-state index in [0.29, 0.717) is 17.9 Å². The van der Waals surface area contributed by atoms with Crippen LogP contribution in [0.1, 0.15) is 29.5 Å². The van der Waals surface area contributed by atoms with E-state index < -0.39 is 0 Å². The van der Waals surface area contributed by atoms with Crippen LogP contribution in [0.25, 0.3) is 11.4 Å². The second-order valence-electron chi connectivity index (χ2n) is 4.83. The highest BCUT2D eigenvalue weighted by Crippen LogP contribution is 2.15. The Morgan fingerprint density at radius 3 is 2.57 bits per heavy atom. The second-order valence-corrected chi connectivity index (χ2v) is 4.83. The van der Waals surface area contributed by atoms with E-state index in [9.17, 15) is 4.79 Å². The molecule has 0 spiro atoms. The third kappa shape index (κ3) is 4.39. The fourth-order valence-corrected chi connectivity index (χ4v) is 1.91. The minimum atomic E-state index is -0.0639. The highest BCUT2D eigenvalue weighted by atomic mass is 16.1. The summed E-state index contributed by atoms with van der Waals surface area (Å²) in [6.45, 7) is 6.35. The molecule has 0 aliphatic heterocycles. The molecule has 3 N–H and O–H groups in total. The molecule has 0 saturated carbocycles. The lowest BCUT2D eigenvalue weighted by molar-refractivity contribution is 0.0954. The summed E-state index contributed by atoms with van der Waals surface area (Å²) in [7, 11) is 0. The van der Waals surface area contributed by atoms with Crippen LogP contribution in [0.3, 0.4) is 0 Å². The lowest BCUT2D eigenvalue weighted by atomic mass is 10.1. The number of aryl methyl sites for hydroxylation is 1. The van der Waals surface area contributed by atoms with Crippen LogP contribution >= 0.6 is 0 Å². The number of amides is 1. The van der Waals surface area contributed by atoms with Gasteiger partial charge in [0.15, 0.2) is 5.82 Å². The van der Waals surface area contributed by atoms with Crippen molar-refractivity contribution in [2.24, 2.45) is 0 Å². The number of hydrogen-bond donors (Lipinski definition) is 3. The summed E-state index contributed by atoms with van der Waals surface area (Å²) in [6, 6.07) is 7.28. The van der Waals surface area contributed by atoms with Gasteiger partial charge < -0.3 is 10.6 Å². The van der Waals surface area contributed by atoms with Crippen LogP contribution in [0.15, 0.2) is 24.3 Å². The van der Waals surface area contributed by atoms with Crippen molar-refractivity contribution in [3.8, 4) is 11.4 Å². The van der Waals surface area contributed by atoms with Crippen LogP contribution in [-0.4, -0.2) is 40.7 Å². The fraction of sp³-hybridized carbons (Fsp3) is 0.400. The number of aromatic nitrogens is 3. The molecule has 6 nitrogen and oxygen atoms in total. The van der Waals surface area contributed by atoms with Crippen molar-refractivity contribution >= 4 is 5.91 Å². The molecule has 21 heavy (non-hydrogen) atoms. The first-order valence-electron chi connectivity index (χ1n) is 7.19. The van der Waals surface area contributed by atoms with Crippen molar-refractivity contribution in [1.82, 2.24) is 25.8 Å². The highest BCUT2D eigenvalue weighted by molar-refractivity contribution is 5.94. The van der Waals surface area contributed by atoms with Gasteiger partial charge >= 0.3 is 0 Å². The van der Waals surface area contributed by atoms with Crippen molar-refractivity contribution in [3.05, 3.63) is 35.7 Å². The van der Waals surface area contributed by atoms with E-state index in [1.54, 1.807) is 12.1 Å². The molecular formula is C15H21N5O. The molecule has 6 heteroatoms. The maximum atomic E-state index is 12.0. The molecule has 1 heterocycles. The molecule has 2 aromatic rings. The summed E-state index contributed by atoms with van der Waals surface area (Å²) in [5.74, 6) is 1.35. The molecule has 0 radical (unpaired) electrons. The Balaban J connectivity index is 1.88. The third-order valence-electron chi connectivity index (χ3n) is 3.02. The van der Waals surface area contributed by atoms with E-state index in [0.717, 1.165) is 30.9 Å². The lowest BCUT2D eigenvalue weighted by Crippen LogP contribution is -2.32. The zero-order chi connectivity index (χ0) is 15.1. The number of carbonyl (C=O) groups excluding carboxylic acids is 1. The summed E-state index contributed by atoms with van der Waals surface area (Å²) in [5.41, 5.74) is 1.53. The van der Waals surface area contributed by atoms with E-state index in [2.05, 4.69) is 32.7 Å². The smallest absolute Gasteiger partial charge is 0.251 e. The first-order chi connectivity index (χ1) is 10.2. The standard InChI is InChI=1S/C15H21N5O/c1-3-8-16-9-10-17-15(21)13-6-4-12(5-7-13)14-18-11(2)19-20-14/h4-7,16H,3,8-10H2,1-2H3,(H,17,21)(H,18,19,20). The number of H-pyrrole nitrogens is 1. The number of nitrogens with zero attached hydrogens (tertiary/aromatic N) is 2. The number of aromatic amines is 1. The van der Waals surface area contributed by atoms with Gasteiger partial charge in [-0.05, 0) is 32.0 Å². The minimum absolute atomic E-state index is 0.0639. The summed E-state index contributed by atoms with van der Waals surface area (Å²) < 4.78 is 0. The Bertz CT molecular complexity index is 576. The summed E-state index contributed by atoms with van der Waals surface area (Å²) in [5, 5.41) is 13.0. The lowest BCUT2D eigenvalue weighted by Gasteiger charge is -2.06. The average molecular weight is 287 g/mol. The zero-order valence-corrected chi connectivity index (χ0v) is 12.4. The van der Waals surface area contributed by atoms with Gasteiger partial charge in [-0.15, -0.1) is 0 Å². The van der Waals surface area contributed by atoms with Gasteiger partial charge in [-0.25, -0.2) is 4.98 Å². The molecule has 0 atom stereocenters. The van der Waals surface area contributed by atoms with Crippen LogP contribution in [0.2, 0.25) is 0 Å². The molecule has 0 saturated heterocycles. The number of rotatable bonds is 7. The molecule has 0 unspecified atom stereocenters. The van der Waals surface area contributed by atoms with Crippen molar-refractivity contribution in [2.45, 2.75) is 20.3 Å². The van der Waals surface area contributed by atoms with Gasteiger partial charge in [0.25, 0.3) is 5.91 Å². The first-order valence-corrected chi connectivity index (χ1v) is 7.19. The molecule has 0 bridgehead atoms. The molecule has 1 aromatic carbocycles. The van der Waals surface area contributed by atoms with E-state index in [-0.39, 0.29) is 5.91 Å². The van der Waals surface area contributed by atoms with Crippen LogP contribution in [0, 0.1) is 6.92 Å². The van der Waals surface area contributed by atoms with Crippen molar-refractivity contribution in [2.75, 3.05) is 19.6 Å². The van der Waals surface area contributed by atoms with Crippen LogP contribution in [-0.2, 0) is 0 Å². The Hall–Kier alpha value is -2.21. The highest BCUT2D eigenvalue weighted by Gasteiger charge is 2.07. The van der Waals surface area contributed by atoms with Crippen LogP contribution in [0.4, 0.5) is 0 Å². The van der Waals surface area contributed by atoms with Gasteiger partial charge in [0.2, 0.25) is 0 Å². The van der Waals surface area contributed by atoms with Gasteiger partial charge in [-0.3, -0.25) is 9.89 Å². The van der Waals surface area contributed by atoms with Crippen molar-refractivity contribution in [3.63, 3.8) is 0 Å². The fourth-order valence-electron chi connectivity index (χ4n) is 1.91. The van der Waals surface area contributed by atoms with Crippen molar-refractivity contribution in [1.29, 1.82) is 0 Å². The Morgan fingerprint density at radius 1 is 1.19 bits per heavy atom. The monoisotopic (exact) mass is 287 g/mol. The van der Waals surface area contributed by atoms with E-state index in [1.165, 1.54) is 0 Å². The van der Waals surface area contributed by atoms with Gasteiger partial charge in [-0.2, -0.15) is 5.10 Å². The maximum absolute atomic E-state index is 12.0. The molecular weight excluding hydrogens is 266 g/mol. The summed E-state index contributed by atoms with van der Waals surface area (Å²) in [6.07, 6.45) is 1.09. The van der Waals surface area contributed by atoms with Crippen molar-refractivity contribution < 1.29 is 4.79 Å². The molecule has 0 aliphatic carbocycles. The molecule has 112 valence electrons. The summed E-state index contributed by atoms with van der Waals surface area (Å²) >= 11 is 0. The van der Waals surface area contributed by atoms with Crippen LogP contribution in [0.5, 0.6) is 0 Å². The Morgan fingerprint density at radius 2 is 1.95 bits per heavy atom. The number of nitrogens with one attached hydrogen (secondary N) is 3. The number of benzene rings is 1. The van der Waals surface area contributed by atoms with Gasteiger partial charge in [0.05, 0.1) is 0 Å². The van der Waals surface area contributed by atoms with Gasteiger partial charge in [0, 0.05) is 24.2 Å². The second kappa shape index (κ2) is 7.54. The predicted octanol–water partition coefficient (Wildman–Crippen LogP) is 1.51. The Kier molecular flexibility index (Phi) is 5.45. The first kappa shape index (κ1) is 15.2. The minimum Gasteiger partial charge on any atom is -0.351 e. The topological polar surface area (TPSA) is 82.7 Å². The van der Waals surface area contributed by atoms with Gasteiger partial charge in [0.1, 0.15) is 5.82 Å². The number of carbonyl (C=O) groups is 1. The Labute approximate surface area is 124 Å². The van der Waals surface area contributed by atoms with E-state index >= 15 is 0 Å². The van der Waals surface area contributed by atoms with E-state index in [1.807, 2.05) is 19.1 Å². The largest absolute Gasteiger partial charge is 0.351 e. The van der Waals surface area contributed by atoms with Gasteiger partial charge in [-0.1, -0.05) is 19.1 Å². The zero-order valence-electron chi connectivity index (χ0n) is 12.4. The molecule has 1 aromatic heterocycles. The number of hydrogen-bond acceptors (Lipinski definition) is 4. The van der Waals surface area contributed by atoms with Crippen LogP contribution < -0.4 is 10.6 Å². The van der Waals surface area contributed by atoms with E-state index in [4.69, 9.17) is 0 Å². The molecule has 0 aliphatic rings. The molecule has 2 rings (SSSR count). The quantitative estimate of drug-likeness (QED) is 0.674. The average Bonchev–Trinajstić information content (AvgIpc) is 2.93.